The summed E-state index contributed by atoms with van der Waals surface area (Å²) in [4.78, 5) is 0. The van der Waals surface area contributed by atoms with Gasteiger partial charge in [0.1, 0.15) is 5.75 Å². The van der Waals surface area contributed by atoms with Crippen LogP contribution in [0.4, 0.5) is 0 Å². The predicted octanol–water partition coefficient (Wildman–Crippen LogP) is 2.03. The molecule has 1 aromatic rings. The van der Waals surface area contributed by atoms with Crippen LogP contribution in [0.3, 0.4) is 0 Å². The maximum Gasteiger partial charge on any atom is 0.157 e. The molecule has 0 unspecified atom stereocenters. The van der Waals surface area contributed by atoms with E-state index in [2.05, 4.69) is 0 Å². The van der Waals surface area contributed by atoms with Crippen LogP contribution in [0.2, 0.25) is 5.02 Å². The number of hydrogen-bond donors (Lipinski definition) is 1. The summed E-state index contributed by atoms with van der Waals surface area (Å²) < 4.78 is 28.7. The minimum absolute atomic E-state index is 0.152. The average Bonchev–Trinajstić information content (AvgIpc) is 2.12. The minimum Gasteiger partial charge on any atom is -0.495 e. The molecule has 18 heavy (non-hydrogen) atoms. The summed E-state index contributed by atoms with van der Waals surface area (Å²) in [5, 5.41) is 9.91. The van der Waals surface area contributed by atoms with Gasteiger partial charge in [0.05, 0.1) is 29.2 Å². The molecule has 0 saturated heterocycles. The fourth-order valence-electron chi connectivity index (χ4n) is 1.64. The van der Waals surface area contributed by atoms with E-state index >= 15 is 0 Å². The Kier molecular flexibility index (Phi) is 4.64. The number of halogens is 1. The first kappa shape index (κ1) is 15.3. The Morgan fingerprint density at radius 1 is 1.39 bits per heavy atom. The van der Waals surface area contributed by atoms with E-state index in [1.54, 1.807) is 18.2 Å². The van der Waals surface area contributed by atoms with E-state index in [1.165, 1.54) is 21.0 Å². The van der Waals surface area contributed by atoms with Gasteiger partial charge in [-0.25, -0.2) is 8.42 Å². The van der Waals surface area contributed by atoms with E-state index in [-0.39, 0.29) is 11.5 Å². The van der Waals surface area contributed by atoms with Crippen molar-refractivity contribution in [3.8, 4) is 5.75 Å². The molecule has 4 nitrogen and oxygen atoms in total. The van der Waals surface area contributed by atoms with Gasteiger partial charge in [-0.1, -0.05) is 17.7 Å². The van der Waals surface area contributed by atoms with Gasteiger partial charge in [0.25, 0.3) is 0 Å². The number of benzene rings is 1. The zero-order valence-corrected chi connectivity index (χ0v) is 12.2. The number of sulfone groups is 1. The molecule has 1 N–H and O–H groups in total. The lowest BCUT2D eigenvalue weighted by Gasteiger charge is -2.17. The van der Waals surface area contributed by atoms with Crippen molar-refractivity contribution in [1.29, 1.82) is 0 Å². The van der Waals surface area contributed by atoms with Gasteiger partial charge in [0.15, 0.2) is 9.84 Å². The number of aliphatic hydroxyl groups is 1. The molecule has 0 spiro atoms. The van der Waals surface area contributed by atoms with Crippen molar-refractivity contribution in [2.75, 3.05) is 12.9 Å². The van der Waals surface area contributed by atoms with Crippen molar-refractivity contribution in [2.45, 2.75) is 25.2 Å². The first-order valence-electron chi connectivity index (χ1n) is 5.38. The Hall–Kier alpha value is -0.780. The fraction of sp³-hybridized carbons (Fsp3) is 0.500. The highest BCUT2D eigenvalue weighted by atomic mass is 35.5. The van der Waals surface area contributed by atoms with Gasteiger partial charge in [-0.2, -0.15) is 0 Å². The maximum atomic E-state index is 11.8. The summed E-state index contributed by atoms with van der Waals surface area (Å²) in [6.07, 6.45) is 0. The van der Waals surface area contributed by atoms with Gasteiger partial charge >= 0.3 is 0 Å². The Morgan fingerprint density at radius 3 is 2.44 bits per heavy atom. The second-order valence-electron chi connectivity index (χ2n) is 4.81. The van der Waals surface area contributed by atoms with Crippen molar-refractivity contribution in [1.82, 2.24) is 0 Å². The van der Waals surface area contributed by atoms with Crippen LogP contribution in [-0.2, 0) is 15.6 Å². The quantitative estimate of drug-likeness (QED) is 0.902. The third-order valence-corrected chi connectivity index (χ3v) is 4.39. The van der Waals surface area contributed by atoms with E-state index in [0.717, 1.165) is 0 Å². The molecule has 6 heteroatoms. The van der Waals surface area contributed by atoms with Gasteiger partial charge in [0.2, 0.25) is 0 Å². The summed E-state index contributed by atoms with van der Waals surface area (Å²) in [5.41, 5.74) is -0.667. The molecule has 0 bridgehead atoms. The molecule has 0 saturated carbocycles. The van der Waals surface area contributed by atoms with Crippen molar-refractivity contribution in [2.24, 2.45) is 0 Å². The normalized spacial score (nSPS) is 12.5. The molecule has 0 atom stereocenters. The molecule has 0 aromatic heterocycles. The summed E-state index contributed by atoms with van der Waals surface area (Å²) in [6, 6.07) is 4.83. The molecule has 0 radical (unpaired) electrons. The molecular formula is C12H17ClO4S. The van der Waals surface area contributed by atoms with E-state index < -0.39 is 15.4 Å². The van der Waals surface area contributed by atoms with Crippen LogP contribution in [0, 0.1) is 0 Å². The van der Waals surface area contributed by atoms with Gasteiger partial charge in [-0.05, 0) is 31.5 Å². The molecule has 0 aliphatic carbocycles. The summed E-state index contributed by atoms with van der Waals surface area (Å²) in [6.45, 7) is 2.93. The molecule has 1 rings (SSSR count). The lowest BCUT2D eigenvalue weighted by atomic mass is 10.2. The highest BCUT2D eigenvalue weighted by Gasteiger charge is 2.23. The van der Waals surface area contributed by atoms with Crippen LogP contribution in [0.1, 0.15) is 19.4 Å². The first-order valence-corrected chi connectivity index (χ1v) is 7.58. The standard InChI is InChI=1S/C12H17ClO4S/c1-12(2,14)8-18(15,16)7-9-4-5-11(17-3)10(13)6-9/h4-6,14H,7-8H2,1-3H3. The van der Waals surface area contributed by atoms with Crippen LogP contribution in [0.25, 0.3) is 0 Å². The largest absolute Gasteiger partial charge is 0.495 e. The Morgan fingerprint density at radius 2 is 2.00 bits per heavy atom. The maximum absolute atomic E-state index is 11.8. The lowest BCUT2D eigenvalue weighted by Crippen LogP contribution is -2.30. The van der Waals surface area contributed by atoms with Crippen molar-refractivity contribution >= 4 is 21.4 Å². The summed E-state index contributed by atoms with van der Waals surface area (Å²) in [7, 11) is -1.89. The fourth-order valence-corrected chi connectivity index (χ4v) is 3.79. The zero-order valence-electron chi connectivity index (χ0n) is 10.6. The van der Waals surface area contributed by atoms with E-state index in [4.69, 9.17) is 16.3 Å². The lowest BCUT2D eigenvalue weighted by molar-refractivity contribution is 0.105. The second kappa shape index (κ2) is 5.47. The first-order chi connectivity index (χ1) is 8.13. The van der Waals surface area contributed by atoms with Gasteiger partial charge in [-0.3, -0.25) is 0 Å². The van der Waals surface area contributed by atoms with Crippen LogP contribution >= 0.6 is 11.6 Å². The number of rotatable bonds is 5. The Bertz CT molecular complexity index is 517. The molecule has 0 aliphatic heterocycles. The van der Waals surface area contributed by atoms with Crippen molar-refractivity contribution in [3.05, 3.63) is 28.8 Å². The van der Waals surface area contributed by atoms with Crippen LogP contribution < -0.4 is 4.74 Å². The highest BCUT2D eigenvalue weighted by Crippen LogP contribution is 2.26. The topological polar surface area (TPSA) is 63.6 Å². The van der Waals surface area contributed by atoms with Gasteiger partial charge in [-0.15, -0.1) is 0 Å². The second-order valence-corrected chi connectivity index (χ2v) is 7.29. The highest BCUT2D eigenvalue weighted by molar-refractivity contribution is 7.90. The molecular weight excluding hydrogens is 276 g/mol. The Balaban J connectivity index is 2.88. The van der Waals surface area contributed by atoms with Crippen molar-refractivity contribution in [3.63, 3.8) is 0 Å². The molecule has 0 amide bonds. The molecule has 0 heterocycles. The van der Waals surface area contributed by atoms with E-state index in [9.17, 15) is 13.5 Å². The van der Waals surface area contributed by atoms with Crippen LogP contribution in [0.5, 0.6) is 5.75 Å². The third-order valence-electron chi connectivity index (χ3n) is 2.18. The average molecular weight is 293 g/mol. The van der Waals surface area contributed by atoms with Crippen molar-refractivity contribution < 1.29 is 18.3 Å². The molecule has 0 aliphatic rings. The monoisotopic (exact) mass is 292 g/mol. The smallest absolute Gasteiger partial charge is 0.157 e. The van der Waals surface area contributed by atoms with Crippen LogP contribution in [-0.4, -0.2) is 32.0 Å². The number of ether oxygens (including phenoxy) is 1. The third kappa shape index (κ3) is 4.84. The molecule has 102 valence electrons. The van der Waals surface area contributed by atoms with Crippen LogP contribution in [0.15, 0.2) is 18.2 Å². The van der Waals surface area contributed by atoms with Gasteiger partial charge < -0.3 is 9.84 Å². The molecule has 0 fully saturated rings. The summed E-state index contributed by atoms with van der Waals surface area (Å²) in [5.74, 6) is 0.0602. The molecule has 1 aromatic carbocycles. The van der Waals surface area contributed by atoms with E-state index in [1.807, 2.05) is 0 Å². The zero-order chi connectivity index (χ0) is 14.0. The summed E-state index contributed by atoms with van der Waals surface area (Å²) >= 11 is 5.92. The SMILES string of the molecule is COc1ccc(CS(=O)(=O)CC(C)(C)O)cc1Cl. The predicted molar refractivity (Wildman–Crippen MR) is 71.8 cm³/mol. The number of methoxy groups -OCH3 is 1. The Labute approximate surface area is 112 Å². The van der Waals surface area contributed by atoms with E-state index in [0.29, 0.717) is 16.3 Å². The number of hydrogen-bond acceptors (Lipinski definition) is 4. The minimum atomic E-state index is -3.38. The van der Waals surface area contributed by atoms with Gasteiger partial charge in [0, 0.05) is 0 Å².